The number of hydrogen-bond acceptors (Lipinski definition) is 2. The number of aliphatic hydroxyl groups is 1. The first kappa shape index (κ1) is 21.8. The highest BCUT2D eigenvalue weighted by atomic mass is 19.4. The quantitative estimate of drug-likeness (QED) is 0.545. The van der Waals surface area contributed by atoms with E-state index >= 15 is 0 Å². The second-order valence-electron chi connectivity index (χ2n) is 5.91. The molecule has 0 unspecified atom stereocenters. The summed E-state index contributed by atoms with van der Waals surface area (Å²) in [6.45, 7) is 1.53. The van der Waals surface area contributed by atoms with Crippen molar-refractivity contribution >= 4 is 6.29 Å². The van der Waals surface area contributed by atoms with Gasteiger partial charge in [-0.05, 0) is 30.2 Å². The van der Waals surface area contributed by atoms with Crippen LogP contribution in [0.4, 0.5) is 35.1 Å². The largest absolute Gasteiger partial charge is 0.430 e. The molecule has 2 nitrogen and oxygen atoms in total. The molecule has 1 N–H and O–H groups in total. The lowest BCUT2D eigenvalue weighted by Gasteiger charge is -2.32. The lowest BCUT2D eigenvalue weighted by molar-refractivity contribution is -0.376. The van der Waals surface area contributed by atoms with Gasteiger partial charge in [-0.2, -0.15) is 26.3 Å². The summed E-state index contributed by atoms with van der Waals surface area (Å²) in [6, 6.07) is 2.59. The molecule has 0 aliphatic carbocycles. The average molecular weight is 412 g/mol. The zero-order valence-corrected chi connectivity index (χ0v) is 14.1. The minimum Gasteiger partial charge on any atom is -0.369 e. The molecular weight excluding hydrogens is 400 g/mol. The molecule has 0 radical (unpaired) electrons. The van der Waals surface area contributed by atoms with E-state index in [2.05, 4.69) is 0 Å². The van der Waals surface area contributed by atoms with E-state index in [9.17, 15) is 45.0 Å². The van der Waals surface area contributed by atoms with Gasteiger partial charge >= 0.3 is 12.4 Å². The Balaban J connectivity index is 2.71. The van der Waals surface area contributed by atoms with Crippen LogP contribution in [0, 0.1) is 11.6 Å². The lowest BCUT2D eigenvalue weighted by atomic mass is 9.89. The minimum absolute atomic E-state index is 0.0707. The van der Waals surface area contributed by atoms with Crippen molar-refractivity contribution < 1.29 is 45.0 Å². The maximum atomic E-state index is 14.4. The number of aryl methyl sites for hydroxylation is 1. The number of carbonyl (C=O) groups excluding carboxylic acids is 1. The molecule has 152 valence electrons. The topological polar surface area (TPSA) is 37.3 Å². The van der Waals surface area contributed by atoms with E-state index in [4.69, 9.17) is 0 Å². The van der Waals surface area contributed by atoms with Gasteiger partial charge in [-0.25, -0.2) is 8.78 Å². The first-order valence-electron chi connectivity index (χ1n) is 7.71. The van der Waals surface area contributed by atoms with Crippen LogP contribution in [0.5, 0.6) is 0 Å². The van der Waals surface area contributed by atoms with Crippen molar-refractivity contribution in [3.63, 3.8) is 0 Å². The number of rotatable bonds is 4. The van der Waals surface area contributed by atoms with Crippen LogP contribution >= 0.6 is 0 Å². The lowest BCUT2D eigenvalue weighted by Crippen LogP contribution is -2.53. The third-order valence-electron chi connectivity index (χ3n) is 4.19. The standard InChI is InChI=1S/C18H12F8O2/c1-2-10-5-9(8-27)6-14(20)15(10)12-4-3-11(7-13(12)19)16(28,17(21,22)23)18(24,25)26/h3-8,28H,2H2,1H3. The summed E-state index contributed by atoms with van der Waals surface area (Å²) in [5.41, 5.74) is -8.06. The molecular formula is C18H12F8O2. The monoisotopic (exact) mass is 412 g/mol. The van der Waals surface area contributed by atoms with Gasteiger partial charge in [0.15, 0.2) is 0 Å². The van der Waals surface area contributed by atoms with Gasteiger partial charge in [-0.1, -0.05) is 19.1 Å². The summed E-state index contributed by atoms with van der Waals surface area (Å²) < 4.78 is 106. The molecule has 0 saturated carbocycles. The molecule has 0 atom stereocenters. The fourth-order valence-electron chi connectivity index (χ4n) is 2.77. The van der Waals surface area contributed by atoms with E-state index in [1.807, 2.05) is 0 Å². The summed E-state index contributed by atoms with van der Waals surface area (Å²) in [4.78, 5) is 10.8. The Hall–Kier alpha value is -2.49. The molecule has 0 amide bonds. The average Bonchev–Trinajstić information content (AvgIpc) is 2.58. The molecule has 2 aromatic rings. The molecule has 0 heterocycles. The predicted octanol–water partition coefficient (Wildman–Crippen LogP) is 5.32. The number of halogens is 8. The zero-order valence-electron chi connectivity index (χ0n) is 14.1. The maximum Gasteiger partial charge on any atom is 0.430 e. The first-order chi connectivity index (χ1) is 12.8. The summed E-state index contributed by atoms with van der Waals surface area (Å²) >= 11 is 0. The second kappa shape index (κ2) is 7.16. The second-order valence-corrected chi connectivity index (χ2v) is 5.91. The van der Waals surface area contributed by atoms with Crippen LogP contribution in [-0.2, 0) is 12.0 Å². The van der Waals surface area contributed by atoms with Crippen molar-refractivity contribution in [3.05, 3.63) is 58.7 Å². The van der Waals surface area contributed by atoms with Gasteiger partial charge in [0.25, 0.3) is 5.60 Å². The Morgan fingerprint density at radius 2 is 1.50 bits per heavy atom. The van der Waals surface area contributed by atoms with Gasteiger partial charge in [0, 0.05) is 22.3 Å². The van der Waals surface area contributed by atoms with E-state index in [0.717, 1.165) is 6.07 Å². The van der Waals surface area contributed by atoms with E-state index < -0.39 is 46.3 Å². The Labute approximate surface area is 153 Å². The number of aldehydes is 1. The van der Waals surface area contributed by atoms with Gasteiger partial charge in [-0.15, -0.1) is 0 Å². The molecule has 2 rings (SSSR count). The van der Waals surface area contributed by atoms with Crippen LogP contribution in [0.2, 0.25) is 0 Å². The van der Waals surface area contributed by atoms with Crippen LogP contribution in [0.15, 0.2) is 30.3 Å². The highest BCUT2D eigenvalue weighted by Gasteiger charge is 2.71. The fourth-order valence-corrected chi connectivity index (χ4v) is 2.77. The van der Waals surface area contributed by atoms with Crippen molar-refractivity contribution in [3.8, 4) is 11.1 Å². The molecule has 0 saturated heterocycles. The summed E-state index contributed by atoms with van der Waals surface area (Å²) in [6.07, 6.45) is -11.9. The van der Waals surface area contributed by atoms with Gasteiger partial charge < -0.3 is 5.11 Å². The van der Waals surface area contributed by atoms with Crippen molar-refractivity contribution in [1.29, 1.82) is 0 Å². The Bertz CT molecular complexity index is 886. The SMILES string of the molecule is CCc1cc(C=O)cc(F)c1-c1ccc(C(O)(C(F)(F)F)C(F)(F)F)cc1F. The van der Waals surface area contributed by atoms with Crippen molar-refractivity contribution in [2.45, 2.75) is 31.3 Å². The van der Waals surface area contributed by atoms with Crippen LogP contribution in [-0.4, -0.2) is 23.7 Å². The smallest absolute Gasteiger partial charge is 0.369 e. The van der Waals surface area contributed by atoms with Gasteiger partial charge in [-0.3, -0.25) is 4.79 Å². The number of alkyl halides is 6. The minimum atomic E-state index is -6.18. The van der Waals surface area contributed by atoms with Crippen LogP contribution in [0.3, 0.4) is 0 Å². The first-order valence-corrected chi connectivity index (χ1v) is 7.71. The van der Waals surface area contributed by atoms with Crippen LogP contribution in [0.25, 0.3) is 11.1 Å². The van der Waals surface area contributed by atoms with Gasteiger partial charge in [0.05, 0.1) is 0 Å². The molecule has 0 bridgehead atoms. The third kappa shape index (κ3) is 3.48. The molecule has 28 heavy (non-hydrogen) atoms. The Morgan fingerprint density at radius 3 is 1.93 bits per heavy atom. The predicted molar refractivity (Wildman–Crippen MR) is 82.6 cm³/mol. The summed E-state index contributed by atoms with van der Waals surface area (Å²) in [5.74, 6) is -2.67. The highest BCUT2D eigenvalue weighted by Crippen LogP contribution is 2.50. The van der Waals surface area contributed by atoms with Crippen molar-refractivity contribution in [2.75, 3.05) is 0 Å². The molecule has 0 aromatic heterocycles. The number of carbonyl (C=O) groups is 1. The molecule has 0 fully saturated rings. The van der Waals surface area contributed by atoms with E-state index in [-0.39, 0.29) is 29.7 Å². The fraction of sp³-hybridized carbons (Fsp3) is 0.278. The van der Waals surface area contributed by atoms with Gasteiger partial charge in [0.1, 0.15) is 17.9 Å². The number of benzene rings is 2. The molecule has 0 aliphatic rings. The third-order valence-corrected chi connectivity index (χ3v) is 4.19. The Kier molecular flexibility index (Phi) is 5.57. The Morgan fingerprint density at radius 1 is 0.929 bits per heavy atom. The molecule has 0 aliphatic heterocycles. The van der Waals surface area contributed by atoms with E-state index in [0.29, 0.717) is 12.4 Å². The van der Waals surface area contributed by atoms with Crippen molar-refractivity contribution in [1.82, 2.24) is 0 Å². The molecule has 10 heteroatoms. The number of hydrogen-bond donors (Lipinski definition) is 1. The summed E-state index contributed by atoms with van der Waals surface area (Å²) in [5, 5.41) is 9.34. The molecule has 2 aromatic carbocycles. The normalized spacial score (nSPS) is 12.9. The van der Waals surface area contributed by atoms with E-state index in [1.54, 1.807) is 0 Å². The highest BCUT2D eigenvalue weighted by molar-refractivity contribution is 5.79. The molecule has 0 spiro atoms. The maximum absolute atomic E-state index is 14.4. The van der Waals surface area contributed by atoms with Crippen LogP contribution < -0.4 is 0 Å². The van der Waals surface area contributed by atoms with Crippen molar-refractivity contribution in [2.24, 2.45) is 0 Å². The van der Waals surface area contributed by atoms with Gasteiger partial charge in [0.2, 0.25) is 0 Å². The zero-order chi connectivity index (χ0) is 21.5. The van der Waals surface area contributed by atoms with Crippen LogP contribution in [0.1, 0.15) is 28.4 Å². The summed E-state index contributed by atoms with van der Waals surface area (Å²) in [7, 11) is 0. The van der Waals surface area contributed by atoms with E-state index in [1.165, 1.54) is 13.0 Å².